The summed E-state index contributed by atoms with van der Waals surface area (Å²) in [6.45, 7) is 5.97. The van der Waals surface area contributed by atoms with E-state index in [4.69, 9.17) is 4.98 Å². The van der Waals surface area contributed by atoms with Gasteiger partial charge < -0.3 is 4.57 Å². The van der Waals surface area contributed by atoms with Crippen molar-refractivity contribution in [3.05, 3.63) is 48.0 Å². The van der Waals surface area contributed by atoms with E-state index < -0.39 is 0 Å². The molecule has 116 valence electrons. The Balaban J connectivity index is 1.72. The van der Waals surface area contributed by atoms with Gasteiger partial charge in [0.15, 0.2) is 0 Å². The average Bonchev–Trinajstić information content (AvgIpc) is 3.06. The predicted molar refractivity (Wildman–Crippen MR) is 88.5 cm³/mol. The third-order valence-corrected chi connectivity index (χ3v) is 3.93. The zero-order valence-electron chi connectivity index (χ0n) is 13.7. The van der Waals surface area contributed by atoms with E-state index in [9.17, 15) is 0 Å². The molecule has 1 aromatic carbocycles. The molecule has 0 unspecified atom stereocenters. The van der Waals surface area contributed by atoms with Crippen LogP contribution in [0.3, 0.4) is 0 Å². The first-order valence-corrected chi connectivity index (χ1v) is 7.66. The van der Waals surface area contributed by atoms with E-state index in [2.05, 4.69) is 66.9 Å². The highest BCUT2D eigenvalue weighted by atomic mass is 15.3. The van der Waals surface area contributed by atoms with Crippen molar-refractivity contribution in [1.82, 2.24) is 24.2 Å². The van der Waals surface area contributed by atoms with Crippen LogP contribution in [0.15, 0.2) is 36.7 Å². The zero-order valence-corrected chi connectivity index (χ0v) is 13.7. The van der Waals surface area contributed by atoms with E-state index in [1.54, 1.807) is 0 Å². The molecule has 0 atom stereocenters. The number of para-hydroxylation sites is 2. The topological polar surface area (TPSA) is 38.9 Å². The van der Waals surface area contributed by atoms with Crippen molar-refractivity contribution in [3.63, 3.8) is 0 Å². The van der Waals surface area contributed by atoms with Gasteiger partial charge in [-0.1, -0.05) is 12.1 Å². The van der Waals surface area contributed by atoms with E-state index in [1.807, 2.05) is 16.9 Å². The molecule has 3 rings (SSSR count). The highest BCUT2D eigenvalue weighted by Crippen LogP contribution is 2.16. The monoisotopic (exact) mass is 297 g/mol. The van der Waals surface area contributed by atoms with Gasteiger partial charge in [0.1, 0.15) is 5.82 Å². The first-order chi connectivity index (χ1) is 10.5. The van der Waals surface area contributed by atoms with Crippen LogP contribution in [0.4, 0.5) is 0 Å². The lowest BCUT2D eigenvalue weighted by atomic mass is 10.3. The van der Waals surface area contributed by atoms with Gasteiger partial charge in [-0.05, 0) is 33.0 Å². The number of aromatic nitrogens is 4. The van der Waals surface area contributed by atoms with Gasteiger partial charge in [-0.15, -0.1) is 0 Å². The van der Waals surface area contributed by atoms with Gasteiger partial charge in [-0.25, -0.2) is 4.98 Å². The van der Waals surface area contributed by atoms with Crippen molar-refractivity contribution in [2.24, 2.45) is 7.05 Å². The molecule has 0 N–H and O–H groups in total. The molecule has 0 spiro atoms. The fourth-order valence-corrected chi connectivity index (χ4v) is 2.69. The highest BCUT2D eigenvalue weighted by Gasteiger charge is 2.11. The van der Waals surface area contributed by atoms with Crippen LogP contribution >= 0.6 is 0 Å². The maximum absolute atomic E-state index is 4.73. The van der Waals surface area contributed by atoms with Crippen molar-refractivity contribution in [3.8, 4) is 0 Å². The Labute approximate surface area is 131 Å². The lowest BCUT2D eigenvalue weighted by Crippen LogP contribution is -2.19. The van der Waals surface area contributed by atoms with Crippen LogP contribution in [0.5, 0.6) is 0 Å². The molecule has 5 heteroatoms. The standard InChI is InChI=1S/C17H23N5/c1-13(2)22-11-14(9-18-22)10-20(3)12-17-19-15-7-5-6-8-16(15)21(17)4/h5-9,11,13H,10,12H2,1-4H3. The molecule has 0 aliphatic rings. The Morgan fingerprint density at radius 3 is 2.64 bits per heavy atom. The Morgan fingerprint density at radius 1 is 1.18 bits per heavy atom. The molecule has 22 heavy (non-hydrogen) atoms. The summed E-state index contributed by atoms with van der Waals surface area (Å²) >= 11 is 0. The van der Waals surface area contributed by atoms with E-state index in [0.717, 1.165) is 24.4 Å². The van der Waals surface area contributed by atoms with Gasteiger partial charge in [0.05, 0.1) is 23.8 Å². The second kappa shape index (κ2) is 5.93. The van der Waals surface area contributed by atoms with Crippen LogP contribution in [0, 0.1) is 0 Å². The van der Waals surface area contributed by atoms with Gasteiger partial charge in [0, 0.05) is 31.4 Å². The van der Waals surface area contributed by atoms with Gasteiger partial charge >= 0.3 is 0 Å². The molecule has 0 saturated heterocycles. The minimum absolute atomic E-state index is 0.402. The minimum Gasteiger partial charge on any atom is -0.330 e. The molecular weight excluding hydrogens is 274 g/mol. The smallest absolute Gasteiger partial charge is 0.123 e. The second-order valence-electron chi connectivity index (χ2n) is 6.17. The van der Waals surface area contributed by atoms with Crippen molar-refractivity contribution in [2.75, 3.05) is 7.05 Å². The van der Waals surface area contributed by atoms with Gasteiger partial charge in [-0.2, -0.15) is 5.10 Å². The predicted octanol–water partition coefficient (Wildman–Crippen LogP) is 2.98. The Hall–Kier alpha value is -2.14. The summed E-state index contributed by atoms with van der Waals surface area (Å²) in [5.74, 6) is 1.08. The van der Waals surface area contributed by atoms with E-state index in [-0.39, 0.29) is 0 Å². The Kier molecular flexibility index (Phi) is 3.98. The molecule has 0 radical (unpaired) electrons. The van der Waals surface area contributed by atoms with Crippen LogP contribution in [0.2, 0.25) is 0 Å². The maximum atomic E-state index is 4.73. The average molecular weight is 297 g/mol. The van der Waals surface area contributed by atoms with Gasteiger partial charge in [0.2, 0.25) is 0 Å². The number of rotatable bonds is 5. The van der Waals surface area contributed by atoms with E-state index in [1.165, 1.54) is 11.1 Å². The number of imidazole rings is 1. The minimum atomic E-state index is 0.402. The molecule has 0 saturated carbocycles. The number of hydrogen-bond acceptors (Lipinski definition) is 3. The van der Waals surface area contributed by atoms with Gasteiger partial charge in [-0.3, -0.25) is 9.58 Å². The van der Waals surface area contributed by atoms with E-state index in [0.29, 0.717) is 6.04 Å². The summed E-state index contributed by atoms with van der Waals surface area (Å²) in [4.78, 5) is 6.99. The van der Waals surface area contributed by atoms with Crippen LogP contribution in [-0.4, -0.2) is 31.3 Å². The molecule has 0 amide bonds. The summed E-state index contributed by atoms with van der Waals surface area (Å²) in [6.07, 6.45) is 4.07. The van der Waals surface area contributed by atoms with E-state index >= 15 is 0 Å². The molecule has 3 aromatic rings. The largest absolute Gasteiger partial charge is 0.330 e. The van der Waals surface area contributed by atoms with Crippen molar-refractivity contribution < 1.29 is 0 Å². The van der Waals surface area contributed by atoms with Crippen LogP contribution in [0.25, 0.3) is 11.0 Å². The third-order valence-electron chi connectivity index (χ3n) is 3.93. The molecule has 2 aromatic heterocycles. The first-order valence-electron chi connectivity index (χ1n) is 7.66. The van der Waals surface area contributed by atoms with Crippen LogP contribution < -0.4 is 0 Å². The normalized spacial score (nSPS) is 11.9. The summed E-state index contributed by atoms with van der Waals surface area (Å²) < 4.78 is 4.17. The molecule has 0 fully saturated rings. The van der Waals surface area contributed by atoms with Crippen molar-refractivity contribution >= 4 is 11.0 Å². The maximum Gasteiger partial charge on any atom is 0.123 e. The fraction of sp³-hybridized carbons (Fsp3) is 0.412. The SMILES string of the molecule is CC(C)n1cc(CN(C)Cc2nc3ccccc3n2C)cn1. The summed E-state index contributed by atoms with van der Waals surface area (Å²) in [7, 11) is 4.20. The molecule has 2 heterocycles. The number of fused-ring (bicyclic) bond motifs is 1. The molecule has 5 nitrogen and oxygen atoms in total. The summed E-state index contributed by atoms with van der Waals surface area (Å²) in [6, 6.07) is 8.66. The zero-order chi connectivity index (χ0) is 15.7. The molecule has 0 aliphatic heterocycles. The lowest BCUT2D eigenvalue weighted by molar-refractivity contribution is 0.307. The summed E-state index contributed by atoms with van der Waals surface area (Å²) in [5, 5.41) is 4.40. The summed E-state index contributed by atoms with van der Waals surface area (Å²) in [5.41, 5.74) is 3.47. The Morgan fingerprint density at radius 2 is 1.95 bits per heavy atom. The number of aryl methyl sites for hydroxylation is 1. The lowest BCUT2D eigenvalue weighted by Gasteiger charge is -2.15. The molecule has 0 aliphatic carbocycles. The quantitative estimate of drug-likeness (QED) is 0.727. The highest BCUT2D eigenvalue weighted by molar-refractivity contribution is 5.75. The third kappa shape index (κ3) is 2.90. The number of hydrogen-bond donors (Lipinski definition) is 0. The molecular formula is C17H23N5. The van der Waals surface area contributed by atoms with Crippen LogP contribution in [0.1, 0.15) is 31.3 Å². The van der Waals surface area contributed by atoms with Gasteiger partial charge in [0.25, 0.3) is 0 Å². The number of nitrogens with zero attached hydrogens (tertiary/aromatic N) is 5. The Bertz CT molecular complexity index is 768. The first kappa shape index (κ1) is 14.8. The molecule has 0 bridgehead atoms. The van der Waals surface area contributed by atoms with Crippen molar-refractivity contribution in [2.45, 2.75) is 33.0 Å². The number of benzene rings is 1. The fourth-order valence-electron chi connectivity index (χ4n) is 2.69. The van der Waals surface area contributed by atoms with Crippen LogP contribution in [-0.2, 0) is 20.1 Å². The van der Waals surface area contributed by atoms with Crippen molar-refractivity contribution in [1.29, 1.82) is 0 Å². The second-order valence-corrected chi connectivity index (χ2v) is 6.17.